The minimum absolute atomic E-state index is 0.102. The number of nitrogens with zero attached hydrogens (tertiary/aromatic N) is 2. The average molecular weight is 449 g/mol. The number of nitrogens with one attached hydrogen (secondary N) is 2. The highest BCUT2D eigenvalue weighted by molar-refractivity contribution is 8.02. The normalized spacial score (nSPS) is 11.5. The lowest BCUT2D eigenvalue weighted by molar-refractivity contribution is -0.115. The van der Waals surface area contributed by atoms with Gasteiger partial charge in [0.25, 0.3) is 0 Å². The van der Waals surface area contributed by atoms with Crippen molar-refractivity contribution in [3.63, 3.8) is 0 Å². The van der Waals surface area contributed by atoms with Gasteiger partial charge in [-0.25, -0.2) is 0 Å². The largest absolute Gasteiger partial charge is 0.457 e. The molecule has 4 aromatic rings. The first-order valence-corrected chi connectivity index (χ1v) is 11.3. The summed E-state index contributed by atoms with van der Waals surface area (Å²) in [6.07, 6.45) is 0. The van der Waals surface area contributed by atoms with Crippen LogP contribution in [0.3, 0.4) is 0 Å². The molecule has 2 N–H and O–H groups in total. The zero-order chi connectivity index (χ0) is 21.5. The molecular formula is C23H20N4O2S2. The number of amides is 1. The van der Waals surface area contributed by atoms with Gasteiger partial charge >= 0.3 is 0 Å². The number of para-hydroxylation sites is 2. The van der Waals surface area contributed by atoms with Gasteiger partial charge in [-0.3, -0.25) is 4.79 Å². The fourth-order valence-corrected chi connectivity index (χ4v) is 4.55. The monoisotopic (exact) mass is 448 g/mol. The van der Waals surface area contributed by atoms with Gasteiger partial charge < -0.3 is 15.4 Å². The molecule has 156 valence electrons. The maximum Gasteiger partial charge on any atom is 0.237 e. The van der Waals surface area contributed by atoms with Crippen molar-refractivity contribution in [2.75, 3.05) is 10.6 Å². The summed E-state index contributed by atoms with van der Waals surface area (Å²) >= 11 is 2.79. The van der Waals surface area contributed by atoms with Crippen molar-refractivity contribution in [1.29, 1.82) is 0 Å². The minimum atomic E-state index is -0.322. The van der Waals surface area contributed by atoms with Crippen molar-refractivity contribution in [3.05, 3.63) is 84.9 Å². The van der Waals surface area contributed by atoms with Crippen LogP contribution in [0.15, 0.2) is 89.3 Å². The van der Waals surface area contributed by atoms with E-state index < -0.39 is 0 Å². The molecule has 4 rings (SSSR count). The molecule has 0 saturated heterocycles. The van der Waals surface area contributed by atoms with Crippen LogP contribution in [0, 0.1) is 0 Å². The van der Waals surface area contributed by atoms with E-state index in [9.17, 15) is 4.79 Å². The third-order valence-corrected chi connectivity index (χ3v) is 6.20. The number of ether oxygens (including phenoxy) is 1. The Morgan fingerprint density at radius 3 is 2.23 bits per heavy atom. The van der Waals surface area contributed by atoms with Crippen LogP contribution >= 0.6 is 23.1 Å². The lowest BCUT2D eigenvalue weighted by atomic mass is 10.3. The van der Waals surface area contributed by atoms with E-state index in [0.717, 1.165) is 15.8 Å². The van der Waals surface area contributed by atoms with Crippen molar-refractivity contribution in [1.82, 2.24) is 10.2 Å². The summed E-state index contributed by atoms with van der Waals surface area (Å²) in [7, 11) is 0. The number of hydrogen-bond acceptors (Lipinski definition) is 7. The lowest BCUT2D eigenvalue weighted by Crippen LogP contribution is -2.22. The molecular weight excluding hydrogens is 428 g/mol. The molecule has 1 atom stereocenters. The van der Waals surface area contributed by atoms with Crippen molar-refractivity contribution in [3.8, 4) is 11.5 Å². The molecule has 0 fully saturated rings. The molecule has 0 aliphatic carbocycles. The molecule has 1 unspecified atom stereocenters. The number of thioether (sulfide) groups is 1. The molecule has 8 heteroatoms. The molecule has 0 aliphatic heterocycles. The Bertz CT molecular complexity index is 1120. The van der Waals surface area contributed by atoms with Gasteiger partial charge in [-0.15, -0.1) is 10.2 Å². The number of rotatable bonds is 8. The first-order valence-electron chi connectivity index (χ1n) is 9.62. The van der Waals surface area contributed by atoms with E-state index in [1.807, 2.05) is 91.9 Å². The van der Waals surface area contributed by atoms with Crippen LogP contribution in [-0.2, 0) is 4.79 Å². The molecule has 3 aromatic carbocycles. The van der Waals surface area contributed by atoms with E-state index in [1.54, 1.807) is 0 Å². The molecule has 0 saturated carbocycles. The van der Waals surface area contributed by atoms with Gasteiger partial charge in [0.05, 0.1) is 5.25 Å². The molecule has 1 heterocycles. The smallest absolute Gasteiger partial charge is 0.237 e. The predicted molar refractivity (Wildman–Crippen MR) is 127 cm³/mol. The number of hydrogen-bond donors (Lipinski definition) is 2. The highest BCUT2D eigenvalue weighted by atomic mass is 32.2. The number of carbonyl (C=O) groups is 1. The van der Waals surface area contributed by atoms with Gasteiger partial charge in [0, 0.05) is 11.4 Å². The quantitative estimate of drug-likeness (QED) is 0.313. The summed E-state index contributed by atoms with van der Waals surface area (Å²) in [4.78, 5) is 12.6. The molecule has 0 radical (unpaired) electrons. The Labute approximate surface area is 188 Å². The van der Waals surface area contributed by atoms with Crippen LogP contribution in [0.5, 0.6) is 11.5 Å². The zero-order valence-corrected chi connectivity index (χ0v) is 18.3. The standard InChI is InChI=1S/C23H20N4O2S2/c1-16(30-23-27-26-22(31-23)25-17-8-4-2-5-9-17)21(28)24-18-12-14-20(15-13-18)29-19-10-6-3-7-11-19/h2-16H,1H3,(H,24,28)(H,25,26). The maximum absolute atomic E-state index is 12.6. The van der Waals surface area contributed by atoms with Crippen LogP contribution in [0.25, 0.3) is 0 Å². The van der Waals surface area contributed by atoms with Gasteiger partial charge in [0.2, 0.25) is 11.0 Å². The third kappa shape index (κ3) is 6.07. The van der Waals surface area contributed by atoms with Gasteiger partial charge in [-0.2, -0.15) is 0 Å². The Hall–Kier alpha value is -3.36. The Morgan fingerprint density at radius 1 is 0.871 bits per heavy atom. The molecule has 0 aliphatic rings. The summed E-state index contributed by atoms with van der Waals surface area (Å²) in [5.74, 6) is 1.37. The fraction of sp³-hybridized carbons (Fsp3) is 0.0870. The number of carbonyl (C=O) groups excluding carboxylic acids is 1. The number of anilines is 3. The second kappa shape index (κ2) is 10.1. The molecule has 1 amide bonds. The Balaban J connectivity index is 1.29. The van der Waals surface area contributed by atoms with Crippen LogP contribution in [0.1, 0.15) is 6.92 Å². The number of benzene rings is 3. The van der Waals surface area contributed by atoms with Gasteiger partial charge in [-0.05, 0) is 55.5 Å². The molecule has 0 spiro atoms. The minimum Gasteiger partial charge on any atom is -0.457 e. The van der Waals surface area contributed by atoms with E-state index in [-0.39, 0.29) is 11.2 Å². The van der Waals surface area contributed by atoms with E-state index in [4.69, 9.17) is 4.74 Å². The van der Waals surface area contributed by atoms with Crippen molar-refractivity contribution < 1.29 is 9.53 Å². The summed E-state index contributed by atoms with van der Waals surface area (Å²) in [6, 6.07) is 26.6. The van der Waals surface area contributed by atoms with Crippen molar-refractivity contribution in [2.24, 2.45) is 0 Å². The van der Waals surface area contributed by atoms with Gasteiger partial charge in [0.1, 0.15) is 11.5 Å². The average Bonchev–Trinajstić information content (AvgIpc) is 3.23. The summed E-state index contributed by atoms with van der Waals surface area (Å²) < 4.78 is 6.50. The second-order valence-corrected chi connectivity index (χ2v) is 9.12. The summed E-state index contributed by atoms with van der Waals surface area (Å²) in [6.45, 7) is 1.85. The van der Waals surface area contributed by atoms with Crippen LogP contribution in [-0.4, -0.2) is 21.4 Å². The topological polar surface area (TPSA) is 76.1 Å². The molecule has 31 heavy (non-hydrogen) atoms. The van der Waals surface area contributed by atoms with Crippen molar-refractivity contribution >= 4 is 45.5 Å². The van der Waals surface area contributed by atoms with E-state index >= 15 is 0 Å². The highest BCUT2D eigenvalue weighted by Gasteiger charge is 2.17. The SMILES string of the molecule is CC(Sc1nnc(Nc2ccccc2)s1)C(=O)Nc1ccc(Oc2ccccc2)cc1. The molecule has 0 bridgehead atoms. The van der Waals surface area contributed by atoms with Gasteiger partial charge in [-0.1, -0.05) is 59.5 Å². The maximum atomic E-state index is 12.6. The Kier molecular flexibility index (Phi) is 6.81. The summed E-state index contributed by atoms with van der Waals surface area (Å²) in [5.41, 5.74) is 1.65. The van der Waals surface area contributed by atoms with E-state index in [0.29, 0.717) is 16.6 Å². The molecule has 6 nitrogen and oxygen atoms in total. The molecule has 1 aromatic heterocycles. The first kappa shape index (κ1) is 20.9. The van der Waals surface area contributed by atoms with E-state index in [2.05, 4.69) is 20.8 Å². The van der Waals surface area contributed by atoms with Crippen LogP contribution in [0.2, 0.25) is 0 Å². The fourth-order valence-electron chi connectivity index (χ4n) is 2.63. The summed E-state index contributed by atoms with van der Waals surface area (Å²) in [5, 5.41) is 14.8. The predicted octanol–water partition coefficient (Wildman–Crippen LogP) is 6.19. The van der Waals surface area contributed by atoms with Crippen molar-refractivity contribution in [2.45, 2.75) is 16.5 Å². The lowest BCUT2D eigenvalue weighted by Gasteiger charge is -2.11. The third-order valence-electron chi connectivity index (χ3n) is 4.18. The van der Waals surface area contributed by atoms with Crippen LogP contribution in [0.4, 0.5) is 16.5 Å². The van der Waals surface area contributed by atoms with E-state index in [1.165, 1.54) is 23.1 Å². The highest BCUT2D eigenvalue weighted by Crippen LogP contribution is 2.31. The van der Waals surface area contributed by atoms with Gasteiger partial charge in [0.15, 0.2) is 4.34 Å². The second-order valence-electron chi connectivity index (χ2n) is 6.55. The first-order chi connectivity index (χ1) is 15.2. The van der Waals surface area contributed by atoms with Crippen LogP contribution < -0.4 is 15.4 Å². The number of aromatic nitrogens is 2. The Morgan fingerprint density at radius 2 is 1.52 bits per heavy atom. The zero-order valence-electron chi connectivity index (χ0n) is 16.7.